The summed E-state index contributed by atoms with van der Waals surface area (Å²) in [6, 6.07) is -5.62. The molecule has 4 aliphatic rings. The molecule has 0 spiro atoms. The van der Waals surface area contributed by atoms with Gasteiger partial charge in [-0.2, -0.15) is 0 Å². The molecule has 4 unspecified atom stereocenters. The number of rotatable bonds is 13. The Labute approximate surface area is 270 Å². The van der Waals surface area contributed by atoms with Crippen LogP contribution in [0.2, 0.25) is 0 Å². The molecular formula is C26H51N9O12. The topological polar surface area (TPSA) is 386 Å². The minimum atomic E-state index is -1.93. The maximum Gasteiger partial charge on any atom is 0.254 e. The van der Waals surface area contributed by atoms with Gasteiger partial charge in [0.05, 0.1) is 49.6 Å². The highest BCUT2D eigenvalue weighted by Crippen LogP contribution is 2.37. The first kappa shape index (κ1) is 37.9. The third-order valence-electron chi connectivity index (χ3n) is 9.10. The van der Waals surface area contributed by atoms with E-state index in [0.29, 0.717) is 0 Å². The van der Waals surface area contributed by atoms with Crippen LogP contribution in [-0.4, -0.2) is 177 Å². The van der Waals surface area contributed by atoms with Crippen LogP contribution in [0.5, 0.6) is 0 Å². The highest BCUT2D eigenvalue weighted by atomic mass is 16.7. The number of hydrogen-bond donors (Lipinski definition) is 16. The molecule has 2 aliphatic heterocycles. The van der Waals surface area contributed by atoms with E-state index in [2.05, 4.69) is 16.0 Å². The molecule has 4 fully saturated rings. The van der Waals surface area contributed by atoms with Gasteiger partial charge in [-0.1, -0.05) is 0 Å². The number of carbonyl (C=O) groups excluding carboxylic acids is 1. The molecule has 0 aromatic heterocycles. The summed E-state index contributed by atoms with van der Waals surface area (Å²) in [5.74, 6) is -1.32. The second-order valence-electron chi connectivity index (χ2n) is 12.8. The Morgan fingerprint density at radius 2 is 1.60 bits per heavy atom. The second kappa shape index (κ2) is 15.8. The molecule has 2 saturated heterocycles. The van der Waals surface area contributed by atoms with Gasteiger partial charge in [0.2, 0.25) is 0 Å². The number of hydrogen-bond acceptors (Lipinski definition) is 18. The standard InChI is InChI=1S/C26H51N9O12/c27-8(6-36)4-33-5-13-12(38)2-10(29)22(44-13)46-20-9(28)1-11(34-24(42)26(43)3-15(26)35-25(31)32)21(19(20)41)47-23-18(40)16(30)17(39)14(7-37)45-23/h8-23,33,36-41,43H,1-7,27-30H2,(H,34,42)(H4,31,32,35)/t8?,9-,10+,11+,12-,13+,14+,15?,16-,17+,18+,19-,20?,21-,22+,23+,26?/m0/s1. The second-order valence-corrected chi connectivity index (χ2v) is 12.8. The molecule has 2 heterocycles. The fourth-order valence-corrected chi connectivity index (χ4v) is 6.13. The Balaban J connectivity index is 1.51. The summed E-state index contributed by atoms with van der Waals surface area (Å²) < 4.78 is 23.5. The molecule has 2 saturated carbocycles. The van der Waals surface area contributed by atoms with Crippen molar-refractivity contribution in [1.82, 2.24) is 16.0 Å². The van der Waals surface area contributed by atoms with E-state index in [1.54, 1.807) is 0 Å². The molecule has 21 nitrogen and oxygen atoms in total. The summed E-state index contributed by atoms with van der Waals surface area (Å²) in [4.78, 5) is 13.2. The van der Waals surface area contributed by atoms with Gasteiger partial charge in [0.15, 0.2) is 24.1 Å². The van der Waals surface area contributed by atoms with Crippen molar-refractivity contribution in [2.75, 3.05) is 26.3 Å². The Bertz CT molecular complexity index is 1070. The third-order valence-corrected chi connectivity index (χ3v) is 9.10. The SMILES string of the molecule is N=C(N)NC1CC1(O)C(=O)N[C@@H]1C[C@H](N)C(O[C@H]2O[C@H](CNCC(N)CO)[C@@H](O)C[C@H]2N)[C@H](O)[C@H]1O[C@H]1O[C@H](CO)[C@@H](O)[C@H](N)[C@H]1O. The molecule has 17 atom stereocenters. The van der Waals surface area contributed by atoms with Crippen LogP contribution in [0.25, 0.3) is 0 Å². The van der Waals surface area contributed by atoms with Gasteiger partial charge in [-0.3, -0.25) is 10.2 Å². The Morgan fingerprint density at radius 1 is 0.936 bits per heavy atom. The number of ether oxygens (including phenoxy) is 4. The molecular weight excluding hydrogens is 630 g/mol. The summed E-state index contributed by atoms with van der Waals surface area (Å²) in [6.07, 6.45) is -13.3. The molecule has 0 bridgehead atoms. The van der Waals surface area contributed by atoms with Gasteiger partial charge in [-0.25, -0.2) is 0 Å². The maximum absolute atomic E-state index is 13.2. The number of nitrogens with one attached hydrogen (secondary N) is 4. The number of carbonyl (C=O) groups is 1. The van der Waals surface area contributed by atoms with Gasteiger partial charge >= 0.3 is 0 Å². The summed E-state index contributed by atoms with van der Waals surface area (Å²) in [5.41, 5.74) is 27.7. The van der Waals surface area contributed by atoms with Gasteiger partial charge < -0.3 is 99.3 Å². The lowest BCUT2D eigenvalue weighted by atomic mass is 9.83. The van der Waals surface area contributed by atoms with Gasteiger partial charge in [-0.05, 0) is 12.8 Å². The minimum Gasteiger partial charge on any atom is -0.395 e. The lowest BCUT2D eigenvalue weighted by Gasteiger charge is -2.48. The number of guanidine groups is 1. The van der Waals surface area contributed by atoms with Crippen molar-refractivity contribution in [2.45, 2.75) is 123 Å². The smallest absolute Gasteiger partial charge is 0.254 e. The monoisotopic (exact) mass is 681 g/mol. The zero-order valence-electron chi connectivity index (χ0n) is 25.7. The van der Waals surface area contributed by atoms with Crippen LogP contribution < -0.4 is 44.6 Å². The Kier molecular flexibility index (Phi) is 12.7. The van der Waals surface area contributed by atoms with Crippen molar-refractivity contribution in [1.29, 1.82) is 5.41 Å². The van der Waals surface area contributed by atoms with E-state index >= 15 is 0 Å². The quantitative estimate of drug-likeness (QED) is 0.0633. The summed E-state index contributed by atoms with van der Waals surface area (Å²) in [7, 11) is 0. The number of nitrogens with two attached hydrogens (primary N) is 5. The highest BCUT2D eigenvalue weighted by Gasteiger charge is 2.61. The van der Waals surface area contributed by atoms with Crippen molar-refractivity contribution in [3.8, 4) is 0 Å². The molecule has 0 aromatic rings. The number of aliphatic hydroxyl groups excluding tert-OH is 6. The fourth-order valence-electron chi connectivity index (χ4n) is 6.13. The predicted octanol–water partition coefficient (Wildman–Crippen LogP) is -9.20. The van der Waals surface area contributed by atoms with Gasteiger partial charge in [0, 0.05) is 31.6 Å². The van der Waals surface area contributed by atoms with E-state index in [1.165, 1.54) is 0 Å². The fraction of sp³-hybridized carbons (Fsp3) is 0.923. The van der Waals surface area contributed by atoms with Crippen LogP contribution in [0.4, 0.5) is 0 Å². The molecule has 4 rings (SSSR count). The van der Waals surface area contributed by atoms with E-state index in [4.69, 9.17) is 58.1 Å². The van der Waals surface area contributed by atoms with E-state index < -0.39 is 122 Å². The lowest BCUT2D eigenvalue weighted by Crippen LogP contribution is -2.69. The van der Waals surface area contributed by atoms with Gasteiger partial charge in [0.1, 0.15) is 36.6 Å². The van der Waals surface area contributed by atoms with Crippen molar-refractivity contribution in [3.63, 3.8) is 0 Å². The molecule has 47 heavy (non-hydrogen) atoms. The largest absolute Gasteiger partial charge is 0.395 e. The zero-order valence-corrected chi connectivity index (χ0v) is 25.7. The lowest BCUT2D eigenvalue weighted by molar-refractivity contribution is -0.316. The van der Waals surface area contributed by atoms with Crippen molar-refractivity contribution in [2.24, 2.45) is 28.7 Å². The first-order valence-corrected chi connectivity index (χ1v) is 15.5. The molecule has 2 aliphatic carbocycles. The number of amides is 1. The number of aliphatic hydroxyl groups is 7. The average Bonchev–Trinajstić information content (AvgIpc) is 3.67. The summed E-state index contributed by atoms with van der Waals surface area (Å²) in [6.45, 7) is -0.538. The van der Waals surface area contributed by atoms with E-state index in [0.717, 1.165) is 0 Å². The van der Waals surface area contributed by atoms with Crippen LogP contribution in [0.1, 0.15) is 19.3 Å². The van der Waals surface area contributed by atoms with Crippen molar-refractivity contribution < 1.29 is 59.5 Å². The van der Waals surface area contributed by atoms with Crippen molar-refractivity contribution >= 4 is 11.9 Å². The molecule has 21 N–H and O–H groups in total. The third kappa shape index (κ3) is 8.64. The molecule has 1 amide bonds. The first-order valence-electron chi connectivity index (χ1n) is 15.5. The minimum absolute atomic E-state index is 0.0584. The molecule has 0 aromatic carbocycles. The van der Waals surface area contributed by atoms with E-state index in [9.17, 15) is 35.4 Å². The Hall–Kier alpha value is -1.90. The Morgan fingerprint density at radius 3 is 2.23 bits per heavy atom. The van der Waals surface area contributed by atoms with Crippen LogP contribution in [0, 0.1) is 5.41 Å². The molecule has 272 valence electrons. The molecule has 0 radical (unpaired) electrons. The van der Waals surface area contributed by atoms with Crippen LogP contribution in [0.3, 0.4) is 0 Å². The van der Waals surface area contributed by atoms with E-state index in [1.807, 2.05) is 0 Å². The zero-order chi connectivity index (χ0) is 34.8. The van der Waals surface area contributed by atoms with Crippen LogP contribution in [-0.2, 0) is 23.7 Å². The maximum atomic E-state index is 13.2. The van der Waals surface area contributed by atoms with E-state index in [-0.39, 0.29) is 39.0 Å². The molecule has 21 heteroatoms. The average molecular weight is 682 g/mol. The highest BCUT2D eigenvalue weighted by molar-refractivity contribution is 5.91. The summed E-state index contributed by atoms with van der Waals surface area (Å²) in [5, 5.41) is 88.2. The predicted molar refractivity (Wildman–Crippen MR) is 160 cm³/mol. The van der Waals surface area contributed by atoms with Crippen LogP contribution >= 0.6 is 0 Å². The normalized spacial score (nSPS) is 46.0. The first-order chi connectivity index (χ1) is 22.1. The van der Waals surface area contributed by atoms with Gasteiger partial charge in [-0.15, -0.1) is 0 Å². The summed E-state index contributed by atoms with van der Waals surface area (Å²) >= 11 is 0. The van der Waals surface area contributed by atoms with Gasteiger partial charge in [0.25, 0.3) is 5.91 Å². The van der Waals surface area contributed by atoms with Crippen LogP contribution in [0.15, 0.2) is 0 Å². The van der Waals surface area contributed by atoms with Crippen molar-refractivity contribution in [3.05, 3.63) is 0 Å².